The average molecular weight is 235 g/mol. The molecule has 84 valence electrons. The molecule has 2 N–H and O–H groups in total. The lowest BCUT2D eigenvalue weighted by atomic mass is 10.1. The zero-order chi connectivity index (χ0) is 11.7. The molecule has 0 saturated carbocycles. The molecule has 0 saturated heterocycles. The first-order valence-electron chi connectivity index (χ1n) is 5.26. The van der Waals surface area contributed by atoms with Gasteiger partial charge in [-0.05, 0) is 24.6 Å². The Morgan fingerprint density at radius 1 is 1.44 bits per heavy atom. The van der Waals surface area contributed by atoms with Crippen molar-refractivity contribution in [2.75, 3.05) is 0 Å². The smallest absolute Gasteiger partial charge is 0.0498 e. The average Bonchev–Trinajstić information content (AvgIpc) is 2.53. The summed E-state index contributed by atoms with van der Waals surface area (Å²) in [6.07, 6.45) is 6.13. The summed E-state index contributed by atoms with van der Waals surface area (Å²) in [5.41, 5.74) is 8.01. The van der Waals surface area contributed by atoms with Crippen molar-refractivity contribution >= 4 is 28.6 Å². The molecule has 0 radical (unpaired) electrons. The van der Waals surface area contributed by atoms with Gasteiger partial charge in [0, 0.05) is 35.2 Å². The van der Waals surface area contributed by atoms with Gasteiger partial charge in [0.15, 0.2) is 0 Å². The van der Waals surface area contributed by atoms with E-state index in [0.29, 0.717) is 0 Å². The van der Waals surface area contributed by atoms with Gasteiger partial charge in [-0.25, -0.2) is 0 Å². The molecule has 0 aliphatic carbocycles. The lowest BCUT2D eigenvalue weighted by Crippen LogP contribution is -2.09. The van der Waals surface area contributed by atoms with Crippen molar-refractivity contribution in [3.63, 3.8) is 0 Å². The summed E-state index contributed by atoms with van der Waals surface area (Å²) in [6.45, 7) is 1.96. The van der Waals surface area contributed by atoms with E-state index >= 15 is 0 Å². The minimum absolute atomic E-state index is 0.0718. The van der Waals surface area contributed by atoms with E-state index in [1.807, 2.05) is 38.2 Å². The van der Waals surface area contributed by atoms with E-state index < -0.39 is 0 Å². The molecule has 1 unspecified atom stereocenters. The predicted molar refractivity (Wildman–Crippen MR) is 70.6 cm³/mol. The highest BCUT2D eigenvalue weighted by Gasteiger charge is 2.04. The zero-order valence-corrected chi connectivity index (χ0v) is 10.2. The summed E-state index contributed by atoms with van der Waals surface area (Å²) in [4.78, 5) is 0. The number of fused-ring (bicyclic) bond motifs is 1. The second-order valence-corrected chi connectivity index (χ2v) is 4.51. The first-order valence-corrected chi connectivity index (χ1v) is 5.64. The second-order valence-electron chi connectivity index (χ2n) is 4.08. The van der Waals surface area contributed by atoms with Gasteiger partial charge in [0.1, 0.15) is 0 Å². The largest absolute Gasteiger partial charge is 0.350 e. The van der Waals surface area contributed by atoms with Crippen molar-refractivity contribution < 1.29 is 0 Å². The Kier molecular flexibility index (Phi) is 3.03. The van der Waals surface area contributed by atoms with Gasteiger partial charge in [-0.3, -0.25) is 0 Å². The van der Waals surface area contributed by atoms with Crippen molar-refractivity contribution in [1.29, 1.82) is 0 Å². The lowest BCUT2D eigenvalue weighted by molar-refractivity contribution is 0.930. The van der Waals surface area contributed by atoms with Crippen molar-refractivity contribution in [1.82, 2.24) is 4.57 Å². The first-order chi connectivity index (χ1) is 7.58. The van der Waals surface area contributed by atoms with Crippen molar-refractivity contribution in [2.24, 2.45) is 12.8 Å². The molecule has 0 aliphatic heterocycles. The monoisotopic (exact) mass is 234 g/mol. The first kappa shape index (κ1) is 11.2. The van der Waals surface area contributed by atoms with E-state index in [1.165, 1.54) is 10.9 Å². The Morgan fingerprint density at radius 3 is 2.88 bits per heavy atom. The van der Waals surface area contributed by atoms with Crippen LogP contribution in [0.15, 0.2) is 30.5 Å². The molecule has 0 amide bonds. The van der Waals surface area contributed by atoms with Crippen LogP contribution in [0, 0.1) is 0 Å². The summed E-state index contributed by atoms with van der Waals surface area (Å²) in [6, 6.07) is 5.99. The fraction of sp³-hybridized carbons (Fsp3) is 0.231. The molecular formula is C13H15ClN2. The Balaban J connectivity index is 2.55. The van der Waals surface area contributed by atoms with Gasteiger partial charge >= 0.3 is 0 Å². The van der Waals surface area contributed by atoms with E-state index in [-0.39, 0.29) is 6.04 Å². The van der Waals surface area contributed by atoms with E-state index in [0.717, 1.165) is 10.5 Å². The van der Waals surface area contributed by atoms with Crippen LogP contribution in [0.25, 0.3) is 17.0 Å². The molecule has 2 nitrogen and oxygen atoms in total. The third kappa shape index (κ3) is 2.13. The molecule has 1 aromatic heterocycles. The number of hydrogen-bond acceptors (Lipinski definition) is 1. The quantitative estimate of drug-likeness (QED) is 0.850. The fourth-order valence-corrected chi connectivity index (χ4v) is 1.94. The minimum Gasteiger partial charge on any atom is -0.350 e. The van der Waals surface area contributed by atoms with E-state index in [2.05, 4.69) is 16.8 Å². The van der Waals surface area contributed by atoms with Crippen LogP contribution < -0.4 is 5.73 Å². The summed E-state index contributed by atoms with van der Waals surface area (Å²) < 4.78 is 2.07. The van der Waals surface area contributed by atoms with Gasteiger partial charge in [0.2, 0.25) is 0 Å². The Bertz CT molecular complexity index is 538. The second kappa shape index (κ2) is 4.32. The zero-order valence-electron chi connectivity index (χ0n) is 9.44. The standard InChI is InChI=1S/C13H15ClN2/c1-9(15)3-4-10-8-16(2)13-7-11(14)5-6-12(10)13/h3-9H,15H2,1-2H3/b4-3+. The van der Waals surface area contributed by atoms with Crippen LogP contribution in [-0.4, -0.2) is 10.6 Å². The van der Waals surface area contributed by atoms with Gasteiger partial charge in [-0.15, -0.1) is 0 Å². The van der Waals surface area contributed by atoms with E-state index in [4.69, 9.17) is 17.3 Å². The normalized spacial score (nSPS) is 13.8. The van der Waals surface area contributed by atoms with Crippen LogP contribution in [-0.2, 0) is 7.05 Å². The van der Waals surface area contributed by atoms with Crippen LogP contribution in [0.3, 0.4) is 0 Å². The number of aromatic nitrogens is 1. The minimum atomic E-state index is 0.0718. The molecular weight excluding hydrogens is 220 g/mol. The molecule has 1 heterocycles. The van der Waals surface area contributed by atoms with Gasteiger partial charge < -0.3 is 10.3 Å². The fourth-order valence-electron chi connectivity index (χ4n) is 1.78. The molecule has 0 bridgehead atoms. The number of nitrogens with two attached hydrogens (primary N) is 1. The van der Waals surface area contributed by atoms with Gasteiger partial charge in [-0.2, -0.15) is 0 Å². The van der Waals surface area contributed by atoms with Crippen molar-refractivity contribution in [3.8, 4) is 0 Å². The molecule has 1 atom stereocenters. The van der Waals surface area contributed by atoms with Gasteiger partial charge in [0.05, 0.1) is 0 Å². The molecule has 16 heavy (non-hydrogen) atoms. The van der Waals surface area contributed by atoms with Crippen LogP contribution in [0.4, 0.5) is 0 Å². The molecule has 0 spiro atoms. The van der Waals surface area contributed by atoms with E-state index in [9.17, 15) is 0 Å². The number of nitrogens with zero attached hydrogens (tertiary/aromatic N) is 1. The topological polar surface area (TPSA) is 30.9 Å². The lowest BCUT2D eigenvalue weighted by Gasteiger charge is -1.96. The highest BCUT2D eigenvalue weighted by atomic mass is 35.5. The summed E-state index contributed by atoms with van der Waals surface area (Å²) in [5.74, 6) is 0. The predicted octanol–water partition coefficient (Wildman–Crippen LogP) is 3.19. The van der Waals surface area contributed by atoms with Gasteiger partial charge in [0.25, 0.3) is 0 Å². The van der Waals surface area contributed by atoms with Crippen molar-refractivity contribution in [2.45, 2.75) is 13.0 Å². The maximum absolute atomic E-state index is 5.98. The highest BCUT2D eigenvalue weighted by Crippen LogP contribution is 2.24. The maximum Gasteiger partial charge on any atom is 0.0498 e. The van der Waals surface area contributed by atoms with Crippen LogP contribution in [0.5, 0.6) is 0 Å². The summed E-state index contributed by atoms with van der Waals surface area (Å²) in [7, 11) is 2.02. The third-order valence-corrected chi connectivity index (χ3v) is 2.80. The van der Waals surface area contributed by atoms with Crippen LogP contribution >= 0.6 is 11.6 Å². The van der Waals surface area contributed by atoms with E-state index in [1.54, 1.807) is 0 Å². The molecule has 3 heteroatoms. The van der Waals surface area contributed by atoms with Gasteiger partial charge in [-0.1, -0.05) is 29.8 Å². The summed E-state index contributed by atoms with van der Waals surface area (Å²) >= 11 is 5.98. The molecule has 0 aliphatic rings. The van der Waals surface area contributed by atoms with Crippen LogP contribution in [0.1, 0.15) is 12.5 Å². The number of halogens is 1. The number of benzene rings is 1. The number of rotatable bonds is 2. The Morgan fingerprint density at radius 2 is 2.19 bits per heavy atom. The third-order valence-electron chi connectivity index (χ3n) is 2.56. The molecule has 2 rings (SSSR count). The highest BCUT2D eigenvalue weighted by molar-refractivity contribution is 6.31. The van der Waals surface area contributed by atoms with Crippen LogP contribution in [0.2, 0.25) is 5.02 Å². The Labute approximate surface area is 100 Å². The SMILES string of the molecule is CC(N)/C=C/c1cn(C)c2cc(Cl)ccc12. The Hall–Kier alpha value is -1.25. The number of aryl methyl sites for hydroxylation is 1. The maximum atomic E-state index is 5.98. The molecule has 1 aromatic carbocycles. The summed E-state index contributed by atoms with van der Waals surface area (Å²) in [5, 5.41) is 1.96. The van der Waals surface area contributed by atoms with Crippen molar-refractivity contribution in [3.05, 3.63) is 41.1 Å². The number of hydrogen-bond donors (Lipinski definition) is 1. The molecule has 0 fully saturated rings. The molecule has 2 aromatic rings.